The van der Waals surface area contributed by atoms with Gasteiger partial charge in [-0.15, -0.1) is 11.3 Å². The van der Waals surface area contributed by atoms with E-state index in [4.69, 9.17) is 4.98 Å². The highest BCUT2D eigenvalue weighted by Crippen LogP contribution is 2.44. The Balaban J connectivity index is 1.78. The summed E-state index contributed by atoms with van der Waals surface area (Å²) in [5, 5.41) is 4.80. The van der Waals surface area contributed by atoms with Gasteiger partial charge in [0.2, 0.25) is 0 Å². The summed E-state index contributed by atoms with van der Waals surface area (Å²) in [5.74, 6) is 2.40. The normalized spacial score (nSPS) is 30.5. The first-order valence-corrected chi connectivity index (χ1v) is 8.77. The maximum atomic E-state index is 5.08. The molecule has 2 aliphatic carbocycles. The van der Waals surface area contributed by atoms with E-state index in [1.54, 1.807) is 4.88 Å². The van der Waals surface area contributed by atoms with Gasteiger partial charge < -0.3 is 5.32 Å². The Hall–Kier alpha value is -0.410. The molecule has 0 aliphatic heterocycles. The molecule has 2 nitrogen and oxygen atoms in total. The van der Waals surface area contributed by atoms with Crippen molar-refractivity contribution >= 4 is 11.3 Å². The van der Waals surface area contributed by atoms with Gasteiger partial charge in [0.1, 0.15) is 0 Å². The lowest BCUT2D eigenvalue weighted by atomic mass is 9.91. The predicted octanol–water partition coefficient (Wildman–Crippen LogP) is 4.08. The number of rotatable bonds is 4. The molecule has 19 heavy (non-hydrogen) atoms. The Morgan fingerprint density at radius 3 is 2.95 bits per heavy atom. The molecule has 1 fully saturated rings. The summed E-state index contributed by atoms with van der Waals surface area (Å²) in [5.41, 5.74) is 1.44. The van der Waals surface area contributed by atoms with Crippen LogP contribution in [0.25, 0.3) is 0 Å². The molecule has 1 aromatic heterocycles. The van der Waals surface area contributed by atoms with Crippen LogP contribution in [0.1, 0.15) is 72.9 Å². The van der Waals surface area contributed by atoms with Crippen molar-refractivity contribution in [2.24, 2.45) is 5.92 Å². The van der Waals surface area contributed by atoms with Gasteiger partial charge in [-0.1, -0.05) is 13.3 Å². The summed E-state index contributed by atoms with van der Waals surface area (Å²) in [6.07, 6.45) is 9.48. The summed E-state index contributed by atoms with van der Waals surface area (Å²) < 4.78 is 0. The quantitative estimate of drug-likeness (QED) is 0.898. The van der Waals surface area contributed by atoms with Gasteiger partial charge in [0, 0.05) is 23.3 Å². The van der Waals surface area contributed by atoms with Crippen LogP contribution in [-0.4, -0.2) is 18.6 Å². The van der Waals surface area contributed by atoms with Gasteiger partial charge in [0.05, 0.1) is 10.7 Å². The number of fused-ring (bicyclic) bond motifs is 1. The Labute approximate surface area is 121 Å². The zero-order valence-corrected chi connectivity index (χ0v) is 13.1. The predicted molar refractivity (Wildman–Crippen MR) is 82.1 cm³/mol. The number of hydrogen-bond acceptors (Lipinski definition) is 3. The average molecular weight is 278 g/mol. The molecule has 0 spiro atoms. The maximum Gasteiger partial charge on any atom is 0.0962 e. The average Bonchev–Trinajstić information content (AvgIpc) is 3.05. The van der Waals surface area contributed by atoms with Crippen molar-refractivity contribution in [1.82, 2.24) is 10.3 Å². The minimum absolute atomic E-state index is 0.669. The van der Waals surface area contributed by atoms with Gasteiger partial charge in [-0.2, -0.15) is 0 Å². The van der Waals surface area contributed by atoms with E-state index in [1.165, 1.54) is 55.6 Å². The lowest BCUT2D eigenvalue weighted by molar-refractivity contribution is 0.513. The first-order valence-electron chi connectivity index (χ1n) is 7.95. The molecule has 0 saturated heterocycles. The SMILES string of the molecule is CCC1CCC(c2nc3c(s2)CCCC3CNC)C1. The van der Waals surface area contributed by atoms with Crippen LogP contribution < -0.4 is 5.32 Å². The van der Waals surface area contributed by atoms with E-state index in [0.29, 0.717) is 5.92 Å². The molecule has 2 aliphatic rings. The zero-order valence-electron chi connectivity index (χ0n) is 12.2. The van der Waals surface area contributed by atoms with Crippen LogP contribution in [0.4, 0.5) is 0 Å². The number of thiazole rings is 1. The monoisotopic (exact) mass is 278 g/mol. The molecule has 0 amide bonds. The smallest absolute Gasteiger partial charge is 0.0962 e. The summed E-state index contributed by atoms with van der Waals surface area (Å²) in [6, 6.07) is 0. The minimum atomic E-state index is 0.669. The van der Waals surface area contributed by atoms with Crippen molar-refractivity contribution in [2.45, 2.75) is 63.7 Å². The second kappa shape index (κ2) is 5.92. The molecule has 1 saturated carbocycles. The lowest BCUT2D eigenvalue weighted by Crippen LogP contribution is -2.21. The van der Waals surface area contributed by atoms with E-state index < -0.39 is 0 Å². The Morgan fingerprint density at radius 2 is 2.21 bits per heavy atom. The van der Waals surface area contributed by atoms with E-state index in [9.17, 15) is 0 Å². The molecule has 3 unspecified atom stereocenters. The van der Waals surface area contributed by atoms with Gasteiger partial charge in [-0.25, -0.2) is 4.98 Å². The van der Waals surface area contributed by atoms with Gasteiger partial charge in [0.25, 0.3) is 0 Å². The highest BCUT2D eigenvalue weighted by atomic mass is 32.1. The topological polar surface area (TPSA) is 24.9 Å². The van der Waals surface area contributed by atoms with Crippen LogP contribution in [0, 0.1) is 5.92 Å². The molecule has 0 radical (unpaired) electrons. The standard InChI is InChI=1S/C16H26N2S/c1-3-11-7-8-12(9-11)16-18-15-13(10-17-2)5-4-6-14(15)19-16/h11-13,17H,3-10H2,1-2H3. The number of aryl methyl sites for hydroxylation is 1. The summed E-state index contributed by atoms with van der Waals surface area (Å²) >= 11 is 2.04. The Kier molecular flexibility index (Phi) is 4.23. The van der Waals surface area contributed by atoms with E-state index in [2.05, 4.69) is 19.3 Å². The fraction of sp³-hybridized carbons (Fsp3) is 0.812. The molecule has 3 atom stereocenters. The van der Waals surface area contributed by atoms with Crippen molar-refractivity contribution < 1.29 is 0 Å². The van der Waals surface area contributed by atoms with E-state index in [-0.39, 0.29) is 0 Å². The molecule has 106 valence electrons. The van der Waals surface area contributed by atoms with Gasteiger partial charge in [-0.05, 0) is 51.5 Å². The molecule has 1 aromatic rings. The number of aromatic nitrogens is 1. The van der Waals surface area contributed by atoms with Crippen molar-refractivity contribution in [3.8, 4) is 0 Å². The summed E-state index contributed by atoms with van der Waals surface area (Å²) in [6.45, 7) is 3.43. The third kappa shape index (κ3) is 2.73. The van der Waals surface area contributed by atoms with Crippen molar-refractivity contribution in [2.75, 3.05) is 13.6 Å². The molecule has 0 aromatic carbocycles. The molecular weight excluding hydrogens is 252 g/mol. The fourth-order valence-electron chi connectivity index (χ4n) is 3.82. The number of hydrogen-bond donors (Lipinski definition) is 1. The zero-order chi connectivity index (χ0) is 13.2. The highest BCUT2D eigenvalue weighted by Gasteiger charge is 2.30. The van der Waals surface area contributed by atoms with Crippen LogP contribution in [0.15, 0.2) is 0 Å². The van der Waals surface area contributed by atoms with Crippen molar-refractivity contribution in [3.63, 3.8) is 0 Å². The third-order valence-corrected chi connectivity index (χ3v) is 6.30. The van der Waals surface area contributed by atoms with Gasteiger partial charge in [0.15, 0.2) is 0 Å². The molecule has 3 rings (SSSR count). The van der Waals surface area contributed by atoms with Crippen LogP contribution in [0.3, 0.4) is 0 Å². The van der Waals surface area contributed by atoms with Crippen molar-refractivity contribution in [3.05, 3.63) is 15.6 Å². The molecule has 1 heterocycles. The van der Waals surface area contributed by atoms with Gasteiger partial charge in [-0.3, -0.25) is 0 Å². The molecule has 3 heteroatoms. The number of nitrogens with zero attached hydrogens (tertiary/aromatic N) is 1. The number of likely N-dealkylation sites (N-methyl/N-ethyl adjacent to an activating group) is 1. The maximum absolute atomic E-state index is 5.08. The molecule has 1 N–H and O–H groups in total. The Morgan fingerprint density at radius 1 is 1.32 bits per heavy atom. The van der Waals surface area contributed by atoms with Crippen LogP contribution in [-0.2, 0) is 6.42 Å². The second-order valence-electron chi connectivity index (χ2n) is 6.29. The van der Waals surface area contributed by atoms with Gasteiger partial charge >= 0.3 is 0 Å². The summed E-state index contributed by atoms with van der Waals surface area (Å²) in [4.78, 5) is 6.68. The minimum Gasteiger partial charge on any atom is -0.319 e. The lowest BCUT2D eigenvalue weighted by Gasteiger charge is -2.20. The molecular formula is C16H26N2S. The van der Waals surface area contributed by atoms with E-state index in [1.807, 2.05) is 11.3 Å². The first-order chi connectivity index (χ1) is 9.31. The van der Waals surface area contributed by atoms with E-state index >= 15 is 0 Å². The number of nitrogens with one attached hydrogen (secondary N) is 1. The van der Waals surface area contributed by atoms with Crippen molar-refractivity contribution in [1.29, 1.82) is 0 Å². The van der Waals surface area contributed by atoms with Crippen LogP contribution in [0.5, 0.6) is 0 Å². The van der Waals surface area contributed by atoms with E-state index in [0.717, 1.165) is 18.4 Å². The van der Waals surface area contributed by atoms with Crippen LogP contribution >= 0.6 is 11.3 Å². The van der Waals surface area contributed by atoms with Crippen LogP contribution in [0.2, 0.25) is 0 Å². The molecule has 0 bridgehead atoms. The largest absolute Gasteiger partial charge is 0.319 e. The third-order valence-electron chi connectivity index (χ3n) is 5.01. The fourth-order valence-corrected chi connectivity index (χ4v) is 5.16. The Bertz CT molecular complexity index is 426. The summed E-state index contributed by atoms with van der Waals surface area (Å²) in [7, 11) is 2.06. The highest BCUT2D eigenvalue weighted by molar-refractivity contribution is 7.11. The second-order valence-corrected chi connectivity index (χ2v) is 7.41. The first kappa shape index (κ1) is 13.6.